The first-order valence-corrected chi connectivity index (χ1v) is 11.5. The van der Waals surface area contributed by atoms with Crippen molar-refractivity contribution < 1.29 is 13.5 Å². The van der Waals surface area contributed by atoms with Gasteiger partial charge in [-0.05, 0) is 84.4 Å². The van der Waals surface area contributed by atoms with Crippen molar-refractivity contribution in [1.82, 2.24) is 4.98 Å². The highest BCUT2D eigenvalue weighted by molar-refractivity contribution is 5.84. The molecule has 4 rings (SSSR count). The average Bonchev–Trinajstić information content (AvgIpc) is 2.84. The van der Waals surface area contributed by atoms with Crippen molar-refractivity contribution in [1.29, 1.82) is 0 Å². The number of pyridine rings is 1. The maximum absolute atomic E-state index is 15.1. The van der Waals surface area contributed by atoms with Crippen LogP contribution in [0.1, 0.15) is 34.4 Å². The van der Waals surface area contributed by atoms with E-state index in [0.29, 0.717) is 23.8 Å². The van der Waals surface area contributed by atoms with Crippen LogP contribution in [0.25, 0.3) is 10.8 Å². The molecule has 0 aliphatic rings. The summed E-state index contributed by atoms with van der Waals surface area (Å²) >= 11 is 0. The number of hydrogen-bond acceptors (Lipinski definition) is 2. The second kappa shape index (κ2) is 11.2. The Labute approximate surface area is 194 Å². The van der Waals surface area contributed by atoms with Gasteiger partial charge in [-0.3, -0.25) is 4.98 Å². The topological polar surface area (TPSA) is 22.1 Å². The summed E-state index contributed by atoms with van der Waals surface area (Å²) in [6.45, 7) is 0.764. The standard InChI is InChI=1S/C29H29F2NO/c1-33-18-2-3-23-8-16-27(32-20-23)15-7-22-9-17-28-25(19-22)12-11-24(29(28)31)10-4-21-5-13-26(30)14-6-21/h5-6,8-9,11-14,16-17,19-20H,2-4,7,10,15,18H2,1H3. The normalized spacial score (nSPS) is 11.2. The van der Waals surface area contributed by atoms with Crippen LogP contribution in [0.5, 0.6) is 0 Å². The molecule has 3 aromatic carbocycles. The lowest BCUT2D eigenvalue weighted by Crippen LogP contribution is -1.98. The summed E-state index contributed by atoms with van der Waals surface area (Å²) in [5, 5.41) is 1.56. The number of hydrogen-bond donors (Lipinski definition) is 0. The van der Waals surface area contributed by atoms with Crippen molar-refractivity contribution >= 4 is 10.8 Å². The van der Waals surface area contributed by atoms with Crippen molar-refractivity contribution in [2.75, 3.05) is 13.7 Å². The Bertz CT molecular complexity index is 1190. The molecule has 0 unspecified atom stereocenters. The number of rotatable bonds is 10. The molecule has 2 nitrogen and oxygen atoms in total. The van der Waals surface area contributed by atoms with E-state index in [-0.39, 0.29) is 11.6 Å². The second-order valence-corrected chi connectivity index (χ2v) is 8.47. The Morgan fingerprint density at radius 2 is 1.48 bits per heavy atom. The van der Waals surface area contributed by atoms with E-state index < -0.39 is 0 Å². The van der Waals surface area contributed by atoms with E-state index in [1.807, 2.05) is 30.5 Å². The van der Waals surface area contributed by atoms with Crippen LogP contribution in [0.4, 0.5) is 8.78 Å². The first-order chi connectivity index (χ1) is 16.1. The summed E-state index contributed by atoms with van der Waals surface area (Å²) in [4.78, 5) is 4.59. The zero-order valence-electron chi connectivity index (χ0n) is 19.0. The quantitative estimate of drug-likeness (QED) is 0.255. The molecule has 33 heavy (non-hydrogen) atoms. The molecule has 0 atom stereocenters. The lowest BCUT2D eigenvalue weighted by atomic mass is 9.98. The van der Waals surface area contributed by atoms with Crippen LogP contribution in [0, 0.1) is 11.6 Å². The van der Waals surface area contributed by atoms with Crippen LogP contribution in [-0.4, -0.2) is 18.7 Å². The van der Waals surface area contributed by atoms with Crippen LogP contribution in [0.3, 0.4) is 0 Å². The summed E-state index contributed by atoms with van der Waals surface area (Å²) in [5.41, 5.74) is 5.16. The van der Waals surface area contributed by atoms with Gasteiger partial charge in [-0.15, -0.1) is 0 Å². The molecule has 0 spiro atoms. The third-order valence-corrected chi connectivity index (χ3v) is 6.06. The third-order valence-electron chi connectivity index (χ3n) is 6.06. The second-order valence-electron chi connectivity index (χ2n) is 8.47. The van der Waals surface area contributed by atoms with Crippen LogP contribution < -0.4 is 0 Å². The molecule has 170 valence electrons. The average molecular weight is 446 g/mol. The van der Waals surface area contributed by atoms with Gasteiger partial charge in [-0.2, -0.15) is 0 Å². The van der Waals surface area contributed by atoms with E-state index in [1.54, 1.807) is 19.2 Å². The molecular weight excluding hydrogens is 416 g/mol. The van der Waals surface area contributed by atoms with Gasteiger partial charge in [-0.1, -0.05) is 48.5 Å². The van der Waals surface area contributed by atoms with Crippen LogP contribution in [0.15, 0.2) is 72.9 Å². The van der Waals surface area contributed by atoms with Crippen LogP contribution in [0.2, 0.25) is 0 Å². The molecule has 0 saturated heterocycles. The molecular formula is C29H29F2NO. The summed E-state index contributed by atoms with van der Waals surface area (Å²) < 4.78 is 33.3. The smallest absolute Gasteiger partial charge is 0.134 e. The molecule has 0 saturated carbocycles. The van der Waals surface area contributed by atoms with Crippen molar-refractivity contribution in [3.63, 3.8) is 0 Å². The lowest BCUT2D eigenvalue weighted by molar-refractivity contribution is 0.195. The molecule has 4 aromatic rings. The highest BCUT2D eigenvalue weighted by Gasteiger charge is 2.09. The van der Waals surface area contributed by atoms with E-state index in [9.17, 15) is 4.39 Å². The van der Waals surface area contributed by atoms with Crippen molar-refractivity contribution in [3.05, 3.63) is 113 Å². The van der Waals surface area contributed by atoms with Gasteiger partial charge in [-0.25, -0.2) is 8.78 Å². The number of nitrogens with zero attached hydrogens (tertiary/aromatic N) is 1. The van der Waals surface area contributed by atoms with E-state index in [4.69, 9.17) is 4.74 Å². The predicted molar refractivity (Wildman–Crippen MR) is 130 cm³/mol. The van der Waals surface area contributed by atoms with Crippen molar-refractivity contribution in [2.45, 2.75) is 38.5 Å². The number of methoxy groups -OCH3 is 1. The van der Waals surface area contributed by atoms with Gasteiger partial charge in [0.25, 0.3) is 0 Å². The number of ether oxygens (including phenoxy) is 1. The van der Waals surface area contributed by atoms with E-state index in [1.165, 1.54) is 23.3 Å². The van der Waals surface area contributed by atoms with Crippen molar-refractivity contribution in [3.8, 4) is 0 Å². The Balaban J connectivity index is 1.37. The SMILES string of the molecule is COCCCc1ccc(CCc2ccc3c(F)c(CCc4ccc(F)cc4)ccc3c2)nc1. The summed E-state index contributed by atoms with van der Waals surface area (Å²) in [6, 6.07) is 20.5. The lowest BCUT2D eigenvalue weighted by Gasteiger charge is -2.09. The van der Waals surface area contributed by atoms with Crippen LogP contribution in [-0.2, 0) is 36.8 Å². The molecule has 0 aliphatic carbocycles. The molecule has 0 N–H and O–H groups in total. The maximum atomic E-state index is 15.1. The van der Waals surface area contributed by atoms with E-state index in [0.717, 1.165) is 48.9 Å². The minimum Gasteiger partial charge on any atom is -0.385 e. The van der Waals surface area contributed by atoms with E-state index >= 15 is 4.39 Å². The molecule has 1 heterocycles. The Morgan fingerprint density at radius 3 is 2.24 bits per heavy atom. The fourth-order valence-corrected chi connectivity index (χ4v) is 4.11. The highest BCUT2D eigenvalue weighted by Crippen LogP contribution is 2.24. The first kappa shape index (κ1) is 23.1. The van der Waals surface area contributed by atoms with Gasteiger partial charge in [0.1, 0.15) is 11.6 Å². The van der Waals surface area contributed by atoms with Gasteiger partial charge in [0.05, 0.1) is 0 Å². The van der Waals surface area contributed by atoms with Crippen LogP contribution >= 0.6 is 0 Å². The molecule has 0 amide bonds. The van der Waals surface area contributed by atoms with Gasteiger partial charge < -0.3 is 4.74 Å². The number of aromatic nitrogens is 1. The minimum absolute atomic E-state index is 0.160. The number of halogens is 2. The van der Waals surface area contributed by atoms with Gasteiger partial charge in [0.2, 0.25) is 0 Å². The maximum Gasteiger partial charge on any atom is 0.134 e. The number of aryl methyl sites for hydroxylation is 5. The number of benzene rings is 3. The highest BCUT2D eigenvalue weighted by atomic mass is 19.1. The van der Waals surface area contributed by atoms with E-state index in [2.05, 4.69) is 23.2 Å². The molecule has 4 heteroatoms. The molecule has 0 radical (unpaired) electrons. The van der Waals surface area contributed by atoms with Gasteiger partial charge in [0.15, 0.2) is 0 Å². The largest absolute Gasteiger partial charge is 0.385 e. The minimum atomic E-state index is -0.253. The Kier molecular flexibility index (Phi) is 7.79. The summed E-state index contributed by atoms with van der Waals surface area (Å²) in [7, 11) is 1.72. The molecule has 0 bridgehead atoms. The Morgan fingerprint density at radius 1 is 0.727 bits per heavy atom. The fourth-order valence-electron chi connectivity index (χ4n) is 4.11. The number of fused-ring (bicyclic) bond motifs is 1. The van der Waals surface area contributed by atoms with Crippen molar-refractivity contribution in [2.24, 2.45) is 0 Å². The van der Waals surface area contributed by atoms with Gasteiger partial charge in [0, 0.05) is 31.0 Å². The molecule has 0 fully saturated rings. The molecule has 0 aliphatic heterocycles. The summed E-state index contributed by atoms with van der Waals surface area (Å²) in [6.07, 6.45) is 6.90. The monoisotopic (exact) mass is 445 g/mol. The first-order valence-electron chi connectivity index (χ1n) is 11.5. The Hall–Kier alpha value is -3.11. The fraction of sp³-hybridized carbons (Fsp3) is 0.276. The zero-order chi connectivity index (χ0) is 23.0. The predicted octanol–water partition coefficient (Wildman–Crippen LogP) is 6.66. The third kappa shape index (κ3) is 6.23. The molecule has 1 aromatic heterocycles. The zero-order valence-corrected chi connectivity index (χ0v) is 19.0. The van der Waals surface area contributed by atoms with Gasteiger partial charge >= 0.3 is 0 Å². The summed E-state index contributed by atoms with van der Waals surface area (Å²) in [5.74, 6) is -0.413.